The monoisotopic (exact) mass is 396 g/mol. The van der Waals surface area contributed by atoms with Crippen LogP contribution in [0.5, 0.6) is 17.2 Å². The van der Waals surface area contributed by atoms with Gasteiger partial charge in [-0.05, 0) is 42.8 Å². The fourth-order valence-electron chi connectivity index (χ4n) is 2.63. The van der Waals surface area contributed by atoms with Crippen molar-refractivity contribution < 1.29 is 33.7 Å². The molecule has 0 fully saturated rings. The van der Waals surface area contributed by atoms with E-state index in [-0.39, 0.29) is 11.5 Å². The second kappa shape index (κ2) is 8.47. The number of rotatable bonds is 7. The largest absolute Gasteiger partial charge is 0.548 e. The average molecular weight is 396 g/mol. The van der Waals surface area contributed by atoms with Gasteiger partial charge >= 0.3 is 0 Å². The van der Waals surface area contributed by atoms with Crippen molar-refractivity contribution >= 4 is 23.7 Å². The zero-order chi connectivity index (χ0) is 21.0. The second-order valence-corrected chi connectivity index (χ2v) is 6.27. The van der Waals surface area contributed by atoms with Crippen LogP contribution in [0.25, 0.3) is 6.08 Å². The second-order valence-electron chi connectivity index (χ2n) is 6.27. The molecule has 8 heteroatoms. The van der Waals surface area contributed by atoms with E-state index >= 15 is 0 Å². The quantitative estimate of drug-likeness (QED) is 0.693. The van der Waals surface area contributed by atoms with Crippen LogP contribution in [-0.2, 0) is 9.59 Å². The van der Waals surface area contributed by atoms with Crippen LogP contribution in [0.1, 0.15) is 22.8 Å². The number of carboxylic acid groups (broad SMARTS) is 1. The minimum absolute atomic E-state index is 0.158. The van der Waals surface area contributed by atoms with E-state index in [0.29, 0.717) is 22.8 Å². The maximum absolute atomic E-state index is 12.5. The number of hydrogen-bond acceptors (Lipinski definition) is 7. The number of carboxylic acids is 1. The number of fused-ring (bicyclic) bond motifs is 1. The predicted octanol–water partition coefficient (Wildman–Crippen LogP) is 0.945. The first kappa shape index (κ1) is 19.9. The van der Waals surface area contributed by atoms with Gasteiger partial charge in [0.15, 0.2) is 12.4 Å². The Bertz CT molecular complexity index is 996. The van der Waals surface area contributed by atoms with Gasteiger partial charge < -0.3 is 29.4 Å². The van der Waals surface area contributed by atoms with E-state index in [1.165, 1.54) is 19.1 Å². The highest BCUT2D eigenvalue weighted by molar-refractivity contribution is 6.14. The maximum Gasteiger partial charge on any atom is 0.258 e. The van der Waals surface area contributed by atoms with Gasteiger partial charge in [-0.2, -0.15) is 0 Å². The molecule has 3 rings (SSSR count). The number of ether oxygens (including phenoxy) is 3. The van der Waals surface area contributed by atoms with Crippen molar-refractivity contribution in [3.05, 3.63) is 59.4 Å². The summed E-state index contributed by atoms with van der Waals surface area (Å²) in [4.78, 5) is 34.9. The molecule has 2 aromatic rings. The third-order valence-electron chi connectivity index (χ3n) is 4.13. The number of methoxy groups -OCH3 is 1. The predicted molar refractivity (Wildman–Crippen MR) is 100 cm³/mol. The van der Waals surface area contributed by atoms with Crippen molar-refractivity contribution in [1.82, 2.24) is 5.32 Å². The van der Waals surface area contributed by atoms with Crippen molar-refractivity contribution in [3.8, 4) is 17.2 Å². The van der Waals surface area contributed by atoms with E-state index in [4.69, 9.17) is 14.2 Å². The van der Waals surface area contributed by atoms with Gasteiger partial charge in [-0.3, -0.25) is 9.59 Å². The topological polar surface area (TPSA) is 114 Å². The fourth-order valence-corrected chi connectivity index (χ4v) is 2.63. The molecular formula is C21H18NO7-. The standard InChI is InChI=1S/C21H19NO7/c1-12(21(25)26)22-19(23)11-28-15-6-7-16-17(10-15)29-18(20(16)24)9-13-4-3-5-14(8-13)27-2/h3-10,12H,11H2,1-2H3,(H,22,23)(H,25,26)/p-1/t12-/m0/s1. The van der Waals surface area contributed by atoms with Crippen LogP contribution in [-0.4, -0.2) is 37.4 Å². The molecule has 0 saturated heterocycles. The first-order valence-corrected chi connectivity index (χ1v) is 8.72. The first-order chi connectivity index (χ1) is 13.9. The summed E-state index contributed by atoms with van der Waals surface area (Å²) < 4.78 is 16.2. The van der Waals surface area contributed by atoms with Crippen molar-refractivity contribution in [3.63, 3.8) is 0 Å². The summed E-state index contributed by atoms with van der Waals surface area (Å²) in [7, 11) is 1.56. The SMILES string of the molecule is COc1cccc(C=C2Oc3cc(OCC(=O)N[C@@H](C)C(=O)[O-])ccc3C2=O)c1. The molecule has 1 amide bonds. The first-order valence-electron chi connectivity index (χ1n) is 8.72. The number of allylic oxidation sites excluding steroid dienone is 1. The van der Waals surface area contributed by atoms with Gasteiger partial charge in [-0.25, -0.2) is 0 Å². The van der Waals surface area contributed by atoms with Gasteiger partial charge in [0.2, 0.25) is 5.78 Å². The Hall–Kier alpha value is -3.81. The normalized spacial score (nSPS) is 14.7. The third kappa shape index (κ3) is 4.73. The van der Waals surface area contributed by atoms with Gasteiger partial charge in [0.25, 0.3) is 5.91 Å². The van der Waals surface area contributed by atoms with Crippen molar-refractivity contribution in [2.24, 2.45) is 0 Å². The molecule has 0 unspecified atom stereocenters. The number of benzene rings is 2. The van der Waals surface area contributed by atoms with Crippen LogP contribution in [0.3, 0.4) is 0 Å². The third-order valence-corrected chi connectivity index (χ3v) is 4.13. The van der Waals surface area contributed by atoms with Crippen LogP contribution in [0, 0.1) is 0 Å². The number of carbonyl (C=O) groups excluding carboxylic acids is 3. The molecule has 1 aliphatic heterocycles. The Morgan fingerprint density at radius 2 is 2.00 bits per heavy atom. The average Bonchev–Trinajstić information content (AvgIpc) is 3.01. The molecule has 0 radical (unpaired) electrons. The fraction of sp³-hybridized carbons (Fsp3) is 0.190. The van der Waals surface area contributed by atoms with Crippen LogP contribution in [0.4, 0.5) is 0 Å². The molecule has 1 aliphatic rings. The molecule has 0 aliphatic carbocycles. The Balaban J connectivity index is 1.68. The van der Waals surface area contributed by atoms with Gasteiger partial charge in [-0.1, -0.05) is 12.1 Å². The smallest absolute Gasteiger partial charge is 0.258 e. The van der Waals surface area contributed by atoms with E-state index in [1.54, 1.807) is 37.5 Å². The number of amides is 1. The molecule has 0 aromatic heterocycles. The minimum atomic E-state index is -1.39. The van der Waals surface area contributed by atoms with Gasteiger partial charge in [0.1, 0.15) is 17.2 Å². The van der Waals surface area contributed by atoms with Crippen molar-refractivity contribution in [1.29, 1.82) is 0 Å². The summed E-state index contributed by atoms with van der Waals surface area (Å²) in [6, 6.07) is 10.6. The molecule has 150 valence electrons. The van der Waals surface area contributed by atoms with E-state index in [0.717, 1.165) is 5.56 Å². The minimum Gasteiger partial charge on any atom is -0.548 e. The Kier molecular flexibility index (Phi) is 5.82. The van der Waals surface area contributed by atoms with E-state index < -0.39 is 24.5 Å². The highest BCUT2D eigenvalue weighted by Crippen LogP contribution is 2.35. The lowest BCUT2D eigenvalue weighted by Crippen LogP contribution is -2.47. The van der Waals surface area contributed by atoms with E-state index in [1.807, 2.05) is 6.07 Å². The molecule has 29 heavy (non-hydrogen) atoms. The molecule has 1 atom stereocenters. The van der Waals surface area contributed by atoms with Gasteiger partial charge in [0, 0.05) is 6.07 Å². The molecule has 1 N–H and O–H groups in total. The van der Waals surface area contributed by atoms with Crippen LogP contribution in [0.2, 0.25) is 0 Å². The number of Topliss-reactive ketones (excluding diaryl/α,β-unsaturated/α-hetero) is 1. The van der Waals surface area contributed by atoms with Gasteiger partial charge in [-0.15, -0.1) is 0 Å². The van der Waals surface area contributed by atoms with Gasteiger partial charge in [0.05, 0.1) is 24.7 Å². The van der Waals surface area contributed by atoms with Crippen LogP contribution in [0.15, 0.2) is 48.2 Å². The molecule has 0 saturated carbocycles. The lowest BCUT2D eigenvalue weighted by molar-refractivity contribution is -0.307. The zero-order valence-corrected chi connectivity index (χ0v) is 15.8. The summed E-state index contributed by atoms with van der Waals surface area (Å²) in [6.07, 6.45) is 1.61. The Morgan fingerprint density at radius 3 is 2.72 bits per heavy atom. The highest BCUT2D eigenvalue weighted by atomic mass is 16.5. The van der Waals surface area contributed by atoms with Crippen LogP contribution < -0.4 is 24.6 Å². The number of ketones is 1. The Morgan fingerprint density at radius 1 is 1.21 bits per heavy atom. The number of aliphatic carboxylic acids is 1. The lowest BCUT2D eigenvalue weighted by Gasteiger charge is -2.14. The Labute approximate surface area is 166 Å². The molecule has 1 heterocycles. The molecule has 8 nitrogen and oxygen atoms in total. The number of nitrogens with one attached hydrogen (secondary N) is 1. The molecular weight excluding hydrogens is 378 g/mol. The summed E-state index contributed by atoms with van der Waals surface area (Å²) in [5, 5.41) is 12.9. The number of hydrogen-bond donors (Lipinski definition) is 1. The summed E-state index contributed by atoms with van der Waals surface area (Å²) >= 11 is 0. The molecule has 2 aromatic carbocycles. The number of carbonyl (C=O) groups is 3. The highest BCUT2D eigenvalue weighted by Gasteiger charge is 2.27. The van der Waals surface area contributed by atoms with Crippen LogP contribution >= 0.6 is 0 Å². The van der Waals surface area contributed by atoms with E-state index in [2.05, 4.69) is 5.32 Å². The summed E-state index contributed by atoms with van der Waals surface area (Å²) in [5.74, 6) is -0.846. The maximum atomic E-state index is 12.5. The van der Waals surface area contributed by atoms with E-state index in [9.17, 15) is 19.5 Å². The molecule has 0 spiro atoms. The van der Waals surface area contributed by atoms with Crippen molar-refractivity contribution in [2.45, 2.75) is 13.0 Å². The summed E-state index contributed by atoms with van der Waals surface area (Å²) in [5.41, 5.74) is 1.12. The summed E-state index contributed by atoms with van der Waals surface area (Å²) in [6.45, 7) is 0.898. The molecule has 0 bridgehead atoms. The van der Waals surface area contributed by atoms with Crippen molar-refractivity contribution in [2.75, 3.05) is 13.7 Å². The zero-order valence-electron chi connectivity index (χ0n) is 15.8. The lowest BCUT2D eigenvalue weighted by atomic mass is 10.1.